The van der Waals surface area contributed by atoms with Crippen molar-refractivity contribution in [3.8, 4) is 6.07 Å². The fourth-order valence-electron chi connectivity index (χ4n) is 2.26. The molecule has 0 radical (unpaired) electrons. The molecule has 5 nitrogen and oxygen atoms in total. The van der Waals surface area contributed by atoms with Crippen LogP contribution >= 0.6 is 23.1 Å². The first-order chi connectivity index (χ1) is 11.6. The predicted molar refractivity (Wildman–Crippen MR) is 97.4 cm³/mol. The predicted octanol–water partition coefficient (Wildman–Crippen LogP) is 3.91. The van der Waals surface area contributed by atoms with Crippen molar-refractivity contribution < 1.29 is 4.79 Å². The summed E-state index contributed by atoms with van der Waals surface area (Å²) >= 11 is 3.03. The maximum absolute atomic E-state index is 12.2. The molecule has 0 aliphatic rings. The van der Waals surface area contributed by atoms with Crippen LogP contribution in [-0.2, 0) is 4.79 Å². The lowest BCUT2D eigenvalue weighted by Gasteiger charge is -2.06. The van der Waals surface area contributed by atoms with Crippen molar-refractivity contribution in [2.45, 2.75) is 18.9 Å². The molecule has 2 heterocycles. The SMILES string of the molecule is Cc1sc2ncnc(SCC(=O)Nc3cccc(C#N)c3)c2c1C. The van der Waals surface area contributed by atoms with Crippen molar-refractivity contribution in [1.29, 1.82) is 5.26 Å². The minimum absolute atomic E-state index is 0.133. The van der Waals surface area contributed by atoms with Gasteiger partial charge in [-0.3, -0.25) is 4.79 Å². The first-order valence-corrected chi connectivity index (χ1v) is 9.02. The second kappa shape index (κ2) is 6.99. The number of benzene rings is 1. The topological polar surface area (TPSA) is 78.7 Å². The number of amides is 1. The summed E-state index contributed by atoms with van der Waals surface area (Å²) < 4.78 is 0. The summed E-state index contributed by atoms with van der Waals surface area (Å²) in [6, 6.07) is 8.91. The average molecular weight is 354 g/mol. The van der Waals surface area contributed by atoms with Crippen molar-refractivity contribution in [2.24, 2.45) is 0 Å². The molecule has 0 aliphatic carbocycles. The number of aryl methyl sites for hydroxylation is 2. The van der Waals surface area contributed by atoms with E-state index in [4.69, 9.17) is 5.26 Å². The lowest BCUT2D eigenvalue weighted by Crippen LogP contribution is -2.14. The first-order valence-electron chi connectivity index (χ1n) is 7.22. The standard InChI is InChI=1S/C17H14N4OS2/c1-10-11(2)24-17-15(10)16(19-9-20-17)23-8-14(22)21-13-5-3-4-12(6-13)7-18/h3-6,9H,8H2,1-2H3,(H,21,22). The average Bonchev–Trinajstić information content (AvgIpc) is 2.88. The minimum atomic E-state index is -0.133. The maximum Gasteiger partial charge on any atom is 0.234 e. The third-order valence-corrected chi connectivity index (χ3v) is 5.65. The minimum Gasteiger partial charge on any atom is -0.325 e. The molecule has 24 heavy (non-hydrogen) atoms. The molecule has 7 heteroatoms. The monoisotopic (exact) mass is 354 g/mol. The number of thiophene rings is 1. The van der Waals surface area contributed by atoms with Gasteiger partial charge in [-0.05, 0) is 37.6 Å². The normalized spacial score (nSPS) is 10.5. The van der Waals surface area contributed by atoms with Crippen LogP contribution in [0.15, 0.2) is 35.6 Å². The van der Waals surface area contributed by atoms with Gasteiger partial charge in [-0.15, -0.1) is 11.3 Å². The Morgan fingerprint density at radius 3 is 3.00 bits per heavy atom. The Morgan fingerprint density at radius 1 is 1.38 bits per heavy atom. The summed E-state index contributed by atoms with van der Waals surface area (Å²) in [6.07, 6.45) is 1.54. The first kappa shape index (κ1) is 16.4. The Bertz CT molecular complexity index is 959. The molecule has 0 saturated carbocycles. The van der Waals surface area contributed by atoms with Gasteiger partial charge < -0.3 is 5.32 Å². The van der Waals surface area contributed by atoms with Crippen LogP contribution in [0, 0.1) is 25.2 Å². The molecule has 0 unspecified atom stereocenters. The van der Waals surface area contributed by atoms with E-state index in [-0.39, 0.29) is 11.7 Å². The summed E-state index contributed by atoms with van der Waals surface area (Å²) in [4.78, 5) is 22.9. The number of carbonyl (C=O) groups excluding carboxylic acids is 1. The summed E-state index contributed by atoms with van der Waals surface area (Å²) in [5.74, 6) is 0.114. The number of hydrogen-bond acceptors (Lipinski definition) is 6. The Morgan fingerprint density at radius 2 is 2.21 bits per heavy atom. The van der Waals surface area contributed by atoms with E-state index in [0.717, 1.165) is 15.2 Å². The number of thioether (sulfide) groups is 1. The zero-order valence-corrected chi connectivity index (χ0v) is 14.8. The molecule has 1 aromatic carbocycles. The maximum atomic E-state index is 12.2. The molecule has 0 atom stereocenters. The molecule has 0 fully saturated rings. The molecule has 1 amide bonds. The van der Waals surface area contributed by atoms with Gasteiger partial charge in [0.1, 0.15) is 16.2 Å². The van der Waals surface area contributed by atoms with Crippen LogP contribution < -0.4 is 5.32 Å². The van der Waals surface area contributed by atoms with Crippen molar-refractivity contribution in [1.82, 2.24) is 9.97 Å². The highest BCUT2D eigenvalue weighted by Crippen LogP contribution is 2.34. The van der Waals surface area contributed by atoms with E-state index in [1.54, 1.807) is 35.6 Å². The molecule has 1 N–H and O–H groups in total. The van der Waals surface area contributed by atoms with Gasteiger partial charge in [0.25, 0.3) is 0 Å². The Kier molecular flexibility index (Phi) is 4.79. The molecule has 3 aromatic rings. The lowest BCUT2D eigenvalue weighted by atomic mass is 10.2. The number of hydrogen-bond donors (Lipinski definition) is 1. The Hall–Kier alpha value is -2.43. The van der Waals surface area contributed by atoms with Gasteiger partial charge in [-0.1, -0.05) is 17.8 Å². The van der Waals surface area contributed by atoms with E-state index in [9.17, 15) is 4.79 Å². The smallest absolute Gasteiger partial charge is 0.234 e. The number of fused-ring (bicyclic) bond motifs is 1. The number of anilines is 1. The second-order valence-electron chi connectivity index (χ2n) is 5.17. The van der Waals surface area contributed by atoms with Crippen molar-refractivity contribution >= 4 is 44.9 Å². The second-order valence-corrected chi connectivity index (χ2v) is 7.34. The van der Waals surface area contributed by atoms with Gasteiger partial charge in [0.05, 0.1) is 17.4 Å². The lowest BCUT2D eigenvalue weighted by molar-refractivity contribution is -0.113. The van der Waals surface area contributed by atoms with E-state index < -0.39 is 0 Å². The third-order valence-electron chi connectivity index (χ3n) is 3.55. The molecular weight excluding hydrogens is 340 g/mol. The molecule has 2 aromatic heterocycles. The fourth-order valence-corrected chi connectivity index (χ4v) is 4.17. The summed E-state index contributed by atoms with van der Waals surface area (Å²) in [7, 11) is 0. The number of aromatic nitrogens is 2. The van der Waals surface area contributed by atoms with Crippen LogP contribution in [0.25, 0.3) is 10.2 Å². The third kappa shape index (κ3) is 3.40. The van der Waals surface area contributed by atoms with E-state index in [0.29, 0.717) is 11.3 Å². The van der Waals surface area contributed by atoms with Gasteiger partial charge in [0.15, 0.2) is 0 Å². The number of nitriles is 1. The molecule has 0 spiro atoms. The van der Waals surface area contributed by atoms with Gasteiger partial charge in [0, 0.05) is 16.0 Å². The zero-order valence-electron chi connectivity index (χ0n) is 13.2. The van der Waals surface area contributed by atoms with Crippen LogP contribution in [-0.4, -0.2) is 21.6 Å². The Balaban J connectivity index is 1.72. The van der Waals surface area contributed by atoms with Crippen molar-refractivity contribution in [3.05, 3.63) is 46.6 Å². The number of carbonyl (C=O) groups is 1. The Labute approximate surface area is 147 Å². The van der Waals surface area contributed by atoms with Crippen LogP contribution in [0.1, 0.15) is 16.0 Å². The number of rotatable bonds is 4. The van der Waals surface area contributed by atoms with Gasteiger partial charge in [-0.2, -0.15) is 5.26 Å². The molecule has 0 aliphatic heterocycles. The van der Waals surface area contributed by atoms with Crippen LogP contribution in [0.3, 0.4) is 0 Å². The van der Waals surface area contributed by atoms with Crippen molar-refractivity contribution in [2.75, 3.05) is 11.1 Å². The van der Waals surface area contributed by atoms with E-state index in [2.05, 4.69) is 35.2 Å². The van der Waals surface area contributed by atoms with E-state index >= 15 is 0 Å². The largest absolute Gasteiger partial charge is 0.325 e. The quantitative estimate of drug-likeness (QED) is 0.568. The van der Waals surface area contributed by atoms with Crippen LogP contribution in [0.4, 0.5) is 5.69 Å². The molecule has 3 rings (SSSR count). The van der Waals surface area contributed by atoms with E-state index in [1.165, 1.54) is 28.5 Å². The fraction of sp³-hybridized carbons (Fsp3) is 0.176. The van der Waals surface area contributed by atoms with Gasteiger partial charge in [-0.25, -0.2) is 9.97 Å². The highest BCUT2D eigenvalue weighted by Gasteiger charge is 2.13. The van der Waals surface area contributed by atoms with Crippen LogP contribution in [0.5, 0.6) is 0 Å². The molecule has 0 saturated heterocycles. The van der Waals surface area contributed by atoms with Gasteiger partial charge in [0.2, 0.25) is 5.91 Å². The summed E-state index contributed by atoms with van der Waals surface area (Å²) in [6.45, 7) is 4.11. The molecular formula is C17H14N4OS2. The molecule has 0 bridgehead atoms. The summed E-state index contributed by atoms with van der Waals surface area (Å²) in [5.41, 5.74) is 2.30. The van der Waals surface area contributed by atoms with Gasteiger partial charge >= 0.3 is 0 Å². The highest BCUT2D eigenvalue weighted by atomic mass is 32.2. The highest BCUT2D eigenvalue weighted by molar-refractivity contribution is 8.00. The number of nitrogens with zero attached hydrogens (tertiary/aromatic N) is 3. The van der Waals surface area contributed by atoms with E-state index in [1.807, 2.05) is 0 Å². The van der Waals surface area contributed by atoms with Crippen LogP contribution in [0.2, 0.25) is 0 Å². The zero-order chi connectivity index (χ0) is 17.1. The molecule has 120 valence electrons. The summed E-state index contributed by atoms with van der Waals surface area (Å²) in [5, 5.41) is 13.6. The van der Waals surface area contributed by atoms with Crippen molar-refractivity contribution in [3.63, 3.8) is 0 Å². The number of nitrogens with one attached hydrogen (secondary N) is 1.